The number of aromatic amines is 1. The SMILES string of the molecule is COC(=O)COc1ccc(C(C[C@H]2CCC(=O)N2)c2ccc(C3CC3)c(=O)[nH]2)cc1Cl. The number of rotatable bonds is 8. The number of esters is 1. The summed E-state index contributed by atoms with van der Waals surface area (Å²) in [6, 6.07) is 9.26. The highest BCUT2D eigenvalue weighted by Gasteiger charge is 2.29. The topological polar surface area (TPSA) is 97.5 Å². The van der Waals surface area contributed by atoms with E-state index in [0.29, 0.717) is 29.5 Å². The number of pyridine rings is 1. The van der Waals surface area contributed by atoms with Gasteiger partial charge in [0.1, 0.15) is 5.75 Å². The number of benzene rings is 1. The zero-order valence-corrected chi connectivity index (χ0v) is 18.0. The molecule has 4 rings (SSSR count). The van der Waals surface area contributed by atoms with Crippen molar-refractivity contribution in [2.24, 2.45) is 0 Å². The summed E-state index contributed by atoms with van der Waals surface area (Å²) >= 11 is 6.41. The molecule has 0 spiro atoms. The predicted molar refractivity (Wildman–Crippen MR) is 116 cm³/mol. The summed E-state index contributed by atoms with van der Waals surface area (Å²) in [6.45, 7) is -0.233. The predicted octanol–water partition coefficient (Wildman–Crippen LogP) is 3.26. The molecule has 2 N–H and O–H groups in total. The second-order valence-corrected chi connectivity index (χ2v) is 8.53. The molecule has 1 aromatic carbocycles. The average Bonchev–Trinajstić information content (AvgIpc) is 3.51. The molecule has 2 aromatic rings. The van der Waals surface area contributed by atoms with Gasteiger partial charge in [-0.2, -0.15) is 0 Å². The van der Waals surface area contributed by atoms with Crippen LogP contribution in [0.1, 0.15) is 60.8 Å². The first-order chi connectivity index (χ1) is 14.9. The van der Waals surface area contributed by atoms with Crippen LogP contribution in [0.2, 0.25) is 5.02 Å². The van der Waals surface area contributed by atoms with E-state index in [1.165, 1.54) is 7.11 Å². The molecule has 2 aliphatic rings. The van der Waals surface area contributed by atoms with Gasteiger partial charge < -0.3 is 19.8 Å². The first kappa shape index (κ1) is 21.4. The number of H-pyrrole nitrogens is 1. The summed E-state index contributed by atoms with van der Waals surface area (Å²) in [5, 5.41) is 3.36. The second kappa shape index (κ2) is 9.14. The molecule has 1 unspecified atom stereocenters. The summed E-state index contributed by atoms with van der Waals surface area (Å²) < 4.78 is 10.0. The Hall–Kier alpha value is -2.80. The van der Waals surface area contributed by atoms with E-state index in [0.717, 1.165) is 36.1 Å². The molecular weight excluding hydrogens is 420 g/mol. The number of hydrogen-bond acceptors (Lipinski definition) is 5. The van der Waals surface area contributed by atoms with Crippen LogP contribution in [-0.2, 0) is 14.3 Å². The second-order valence-electron chi connectivity index (χ2n) is 8.12. The Bertz CT molecular complexity index is 1050. The quantitative estimate of drug-likeness (QED) is 0.609. The van der Waals surface area contributed by atoms with E-state index in [2.05, 4.69) is 15.0 Å². The van der Waals surface area contributed by atoms with Gasteiger partial charge in [0, 0.05) is 29.6 Å². The minimum atomic E-state index is -0.497. The number of halogens is 1. The van der Waals surface area contributed by atoms with E-state index in [9.17, 15) is 14.4 Å². The van der Waals surface area contributed by atoms with Crippen molar-refractivity contribution in [1.29, 1.82) is 0 Å². The summed E-state index contributed by atoms with van der Waals surface area (Å²) in [4.78, 5) is 38.7. The Morgan fingerprint density at radius 2 is 2.00 bits per heavy atom. The van der Waals surface area contributed by atoms with Gasteiger partial charge in [-0.3, -0.25) is 9.59 Å². The van der Waals surface area contributed by atoms with Crippen molar-refractivity contribution in [1.82, 2.24) is 10.3 Å². The van der Waals surface area contributed by atoms with Gasteiger partial charge in [-0.15, -0.1) is 0 Å². The van der Waals surface area contributed by atoms with Gasteiger partial charge in [-0.1, -0.05) is 23.7 Å². The Labute approximate surface area is 185 Å². The number of nitrogens with one attached hydrogen (secondary N) is 2. The van der Waals surface area contributed by atoms with Crippen LogP contribution in [0.15, 0.2) is 35.1 Å². The highest BCUT2D eigenvalue weighted by molar-refractivity contribution is 6.32. The highest BCUT2D eigenvalue weighted by Crippen LogP contribution is 2.39. The van der Waals surface area contributed by atoms with Crippen LogP contribution < -0.4 is 15.6 Å². The van der Waals surface area contributed by atoms with E-state index >= 15 is 0 Å². The smallest absolute Gasteiger partial charge is 0.343 e. The lowest BCUT2D eigenvalue weighted by Gasteiger charge is -2.22. The van der Waals surface area contributed by atoms with E-state index in [-0.39, 0.29) is 30.0 Å². The molecule has 1 aliphatic heterocycles. The van der Waals surface area contributed by atoms with Crippen molar-refractivity contribution in [3.05, 3.63) is 62.5 Å². The van der Waals surface area contributed by atoms with Crippen LogP contribution in [0.25, 0.3) is 0 Å². The van der Waals surface area contributed by atoms with Crippen molar-refractivity contribution in [2.75, 3.05) is 13.7 Å². The van der Waals surface area contributed by atoms with Crippen LogP contribution in [-0.4, -0.2) is 36.6 Å². The van der Waals surface area contributed by atoms with Gasteiger partial charge in [0.15, 0.2) is 6.61 Å². The lowest BCUT2D eigenvalue weighted by Crippen LogP contribution is -2.28. The molecule has 31 heavy (non-hydrogen) atoms. The Morgan fingerprint density at radius 3 is 2.61 bits per heavy atom. The lowest BCUT2D eigenvalue weighted by atomic mass is 9.88. The van der Waals surface area contributed by atoms with Crippen LogP contribution in [0, 0.1) is 0 Å². The van der Waals surface area contributed by atoms with Crippen molar-refractivity contribution < 1.29 is 19.1 Å². The van der Waals surface area contributed by atoms with Crippen molar-refractivity contribution in [3.63, 3.8) is 0 Å². The first-order valence-electron chi connectivity index (χ1n) is 10.5. The summed E-state index contributed by atoms with van der Waals surface area (Å²) in [6.07, 6.45) is 4.03. The van der Waals surface area contributed by atoms with Gasteiger partial charge >= 0.3 is 5.97 Å². The normalized spacial score (nSPS) is 19.0. The maximum Gasteiger partial charge on any atom is 0.343 e. The third-order valence-corrected chi connectivity index (χ3v) is 6.19. The molecule has 1 aliphatic carbocycles. The molecule has 8 heteroatoms. The minimum Gasteiger partial charge on any atom is -0.480 e. The fraction of sp³-hybridized carbons (Fsp3) is 0.435. The minimum absolute atomic E-state index is 0.0261. The van der Waals surface area contributed by atoms with E-state index < -0.39 is 5.97 Å². The number of methoxy groups -OCH3 is 1. The molecule has 2 heterocycles. The molecule has 1 aromatic heterocycles. The van der Waals surface area contributed by atoms with E-state index in [1.54, 1.807) is 12.1 Å². The van der Waals surface area contributed by atoms with Gasteiger partial charge in [0.05, 0.1) is 12.1 Å². The molecule has 0 bridgehead atoms. The Kier molecular flexibility index (Phi) is 6.32. The fourth-order valence-corrected chi connectivity index (χ4v) is 4.29. The molecule has 2 fully saturated rings. The third-order valence-electron chi connectivity index (χ3n) is 5.89. The zero-order chi connectivity index (χ0) is 22.0. The lowest BCUT2D eigenvalue weighted by molar-refractivity contribution is -0.142. The largest absolute Gasteiger partial charge is 0.480 e. The first-order valence-corrected chi connectivity index (χ1v) is 10.8. The van der Waals surface area contributed by atoms with Crippen LogP contribution in [0.5, 0.6) is 5.75 Å². The number of ether oxygens (including phenoxy) is 2. The van der Waals surface area contributed by atoms with Gasteiger partial charge in [0.2, 0.25) is 5.91 Å². The molecule has 2 atom stereocenters. The molecular formula is C23H25ClN2O5. The highest BCUT2D eigenvalue weighted by atomic mass is 35.5. The van der Waals surface area contributed by atoms with E-state index in [4.69, 9.17) is 16.3 Å². The maximum atomic E-state index is 12.6. The molecule has 1 saturated heterocycles. The molecule has 0 radical (unpaired) electrons. The van der Waals surface area contributed by atoms with Gasteiger partial charge in [0.25, 0.3) is 5.56 Å². The van der Waals surface area contributed by atoms with Crippen LogP contribution in [0.4, 0.5) is 0 Å². The van der Waals surface area contributed by atoms with Crippen LogP contribution >= 0.6 is 11.6 Å². The van der Waals surface area contributed by atoms with Gasteiger partial charge in [-0.05, 0) is 55.4 Å². The zero-order valence-electron chi connectivity index (χ0n) is 17.3. The number of amides is 1. The molecule has 164 valence electrons. The number of hydrogen-bond donors (Lipinski definition) is 2. The molecule has 1 saturated carbocycles. The summed E-state index contributed by atoms with van der Waals surface area (Å²) in [5.74, 6) is 0.137. The maximum absolute atomic E-state index is 12.6. The van der Waals surface area contributed by atoms with Gasteiger partial charge in [-0.25, -0.2) is 4.79 Å². The summed E-state index contributed by atoms with van der Waals surface area (Å²) in [7, 11) is 1.29. The third kappa shape index (κ3) is 5.10. The Morgan fingerprint density at radius 1 is 1.19 bits per heavy atom. The Balaban J connectivity index is 1.61. The van der Waals surface area contributed by atoms with E-state index in [1.807, 2.05) is 18.2 Å². The number of carbonyl (C=O) groups is 2. The monoisotopic (exact) mass is 444 g/mol. The average molecular weight is 445 g/mol. The standard InChI is InChI=1S/C23H25ClN2O5/c1-30-22(28)12-31-20-8-4-14(10-18(20)24)17(11-15-5-9-21(27)25-15)19-7-6-16(13-2-3-13)23(29)26-19/h4,6-8,10,13,15,17H,2-3,5,9,11-12H2,1H3,(H,25,27)(H,26,29)/t15-,17?/m1/s1. The van der Waals surface area contributed by atoms with Crippen molar-refractivity contribution in [3.8, 4) is 5.75 Å². The van der Waals surface area contributed by atoms with Crippen molar-refractivity contribution >= 4 is 23.5 Å². The molecule has 7 nitrogen and oxygen atoms in total. The fourth-order valence-electron chi connectivity index (χ4n) is 4.05. The van der Waals surface area contributed by atoms with Crippen molar-refractivity contribution in [2.45, 2.75) is 50.0 Å². The molecule has 1 amide bonds. The summed E-state index contributed by atoms with van der Waals surface area (Å²) in [5.41, 5.74) is 2.46. The number of aromatic nitrogens is 1. The van der Waals surface area contributed by atoms with Crippen LogP contribution in [0.3, 0.4) is 0 Å². The number of carbonyl (C=O) groups excluding carboxylic acids is 2.